The highest BCUT2D eigenvalue weighted by Crippen LogP contribution is 2.29. The van der Waals surface area contributed by atoms with E-state index < -0.39 is 0 Å². The summed E-state index contributed by atoms with van der Waals surface area (Å²) < 4.78 is 0. The number of aromatic hydroxyl groups is 1. The number of rotatable bonds is 3. The lowest BCUT2D eigenvalue weighted by molar-refractivity contribution is 0.112. The van der Waals surface area contributed by atoms with Crippen LogP contribution < -0.4 is 0 Å². The lowest BCUT2D eigenvalue weighted by Gasteiger charge is -2.05. The molecule has 216 valence electrons. The van der Waals surface area contributed by atoms with Gasteiger partial charge in [-0.25, -0.2) is 0 Å². The topological polar surface area (TPSA) is 37.3 Å². The molecular weight excluding hydrogens is 524 g/mol. The second-order valence-electron chi connectivity index (χ2n) is 11.3. The molecule has 0 aliphatic rings. The van der Waals surface area contributed by atoms with Gasteiger partial charge in [-0.2, -0.15) is 0 Å². The van der Waals surface area contributed by atoms with Crippen molar-refractivity contribution in [2.45, 2.75) is 41.5 Å². The Balaban J connectivity index is 0.000000148. The number of phenols is 1. The first-order valence-electron chi connectivity index (χ1n) is 14.6. The van der Waals surface area contributed by atoms with Crippen LogP contribution in [0.2, 0.25) is 0 Å². The Bertz CT molecular complexity index is 1850. The number of carbonyl (C=O) groups excluding carboxylic acids is 1. The molecule has 0 radical (unpaired) electrons. The fraction of sp³-hybridized carbons (Fsp3) is 0.146. The van der Waals surface area contributed by atoms with Crippen molar-refractivity contribution in [2.24, 2.45) is 0 Å². The van der Waals surface area contributed by atoms with Crippen molar-refractivity contribution < 1.29 is 9.90 Å². The van der Waals surface area contributed by atoms with E-state index in [0.717, 1.165) is 39.0 Å². The molecule has 0 saturated carbocycles. The summed E-state index contributed by atoms with van der Waals surface area (Å²) in [7, 11) is 0. The van der Waals surface area contributed by atoms with E-state index in [1.165, 1.54) is 38.6 Å². The molecule has 0 saturated heterocycles. The molecule has 6 aromatic rings. The Morgan fingerprint density at radius 1 is 0.465 bits per heavy atom. The number of hydrogen-bond donors (Lipinski definition) is 1. The van der Waals surface area contributed by atoms with E-state index in [2.05, 4.69) is 90.1 Å². The summed E-state index contributed by atoms with van der Waals surface area (Å²) >= 11 is 0. The molecule has 0 aliphatic heterocycles. The van der Waals surface area contributed by atoms with Gasteiger partial charge in [-0.05, 0) is 96.8 Å². The molecular formula is C41H40O2. The minimum atomic E-state index is 0.344. The van der Waals surface area contributed by atoms with Crippen molar-refractivity contribution in [2.75, 3.05) is 0 Å². The number of allylic oxidation sites excluding steroid dienone is 2. The predicted octanol–water partition coefficient (Wildman–Crippen LogP) is 11.5. The number of carbonyl (C=O) groups is 1. The van der Waals surface area contributed by atoms with Crippen LogP contribution in [0.25, 0.3) is 44.5 Å². The van der Waals surface area contributed by atoms with E-state index in [9.17, 15) is 9.90 Å². The number of hydrogen-bond acceptors (Lipinski definition) is 2. The molecule has 2 nitrogen and oxygen atoms in total. The standard InChI is InChI=1S/C15H16.C14H14O.C12H10O/c1-11(2)10-13-9-8-12(3)14-6-4-5-7-15(13)14;1-10(2)9-11-7-8-14(15)13-6-4-3-5-12(11)13;1-9-6-7-10(8-13)12-5-3-2-4-11(9)12/h4-10H,1-3H3;3-9,15H,1-2H3;2-8H,1H3. The van der Waals surface area contributed by atoms with Gasteiger partial charge in [0.15, 0.2) is 6.29 Å². The van der Waals surface area contributed by atoms with Crippen LogP contribution in [0, 0.1) is 13.8 Å². The molecule has 0 unspecified atom stereocenters. The summed E-state index contributed by atoms with van der Waals surface area (Å²) in [6.07, 6.45) is 5.27. The Kier molecular flexibility index (Phi) is 10.3. The van der Waals surface area contributed by atoms with Crippen molar-refractivity contribution in [1.29, 1.82) is 0 Å². The largest absolute Gasteiger partial charge is 0.507 e. The van der Waals surface area contributed by atoms with Crippen molar-refractivity contribution in [1.82, 2.24) is 0 Å². The monoisotopic (exact) mass is 564 g/mol. The highest BCUT2D eigenvalue weighted by molar-refractivity contribution is 5.99. The lowest BCUT2D eigenvalue weighted by atomic mass is 9.99. The first-order valence-corrected chi connectivity index (χ1v) is 14.6. The summed E-state index contributed by atoms with van der Waals surface area (Å²) in [5.74, 6) is 0.344. The van der Waals surface area contributed by atoms with Gasteiger partial charge in [0.25, 0.3) is 0 Å². The van der Waals surface area contributed by atoms with Crippen molar-refractivity contribution in [3.8, 4) is 5.75 Å². The third-order valence-corrected chi connectivity index (χ3v) is 7.30. The third kappa shape index (κ3) is 7.67. The molecule has 0 bridgehead atoms. The van der Waals surface area contributed by atoms with Crippen LogP contribution in [0.4, 0.5) is 0 Å². The van der Waals surface area contributed by atoms with E-state index in [1.807, 2.05) is 66.7 Å². The molecule has 0 atom stereocenters. The Labute approximate surface area is 255 Å². The first-order chi connectivity index (χ1) is 20.7. The lowest BCUT2D eigenvalue weighted by Crippen LogP contribution is -1.85. The van der Waals surface area contributed by atoms with Gasteiger partial charge in [0, 0.05) is 10.9 Å². The number of aryl methyl sites for hydroxylation is 2. The summed E-state index contributed by atoms with van der Waals surface area (Å²) in [6.45, 7) is 12.6. The molecule has 0 aliphatic carbocycles. The Morgan fingerprint density at radius 2 is 0.814 bits per heavy atom. The summed E-state index contributed by atoms with van der Waals surface area (Å²) in [4.78, 5) is 10.7. The van der Waals surface area contributed by atoms with E-state index in [0.29, 0.717) is 5.75 Å². The second-order valence-corrected chi connectivity index (χ2v) is 11.3. The Hall–Kier alpha value is -4.95. The van der Waals surface area contributed by atoms with Crippen LogP contribution in [0.3, 0.4) is 0 Å². The maximum absolute atomic E-state index is 10.7. The van der Waals surface area contributed by atoms with Crippen molar-refractivity contribution in [3.05, 3.63) is 148 Å². The average Bonchev–Trinajstić information content (AvgIpc) is 3.01. The van der Waals surface area contributed by atoms with Gasteiger partial charge in [0.05, 0.1) is 0 Å². The Morgan fingerprint density at radius 3 is 1.26 bits per heavy atom. The fourth-order valence-electron chi connectivity index (χ4n) is 5.23. The highest BCUT2D eigenvalue weighted by atomic mass is 16.3. The maximum atomic E-state index is 10.7. The normalized spacial score (nSPS) is 10.3. The molecule has 0 amide bonds. The molecule has 6 aromatic carbocycles. The van der Waals surface area contributed by atoms with Crippen molar-refractivity contribution in [3.63, 3.8) is 0 Å². The van der Waals surface area contributed by atoms with Gasteiger partial charge in [0.2, 0.25) is 0 Å². The predicted molar refractivity (Wildman–Crippen MR) is 187 cm³/mol. The van der Waals surface area contributed by atoms with Crippen LogP contribution in [-0.4, -0.2) is 11.4 Å². The zero-order valence-electron chi connectivity index (χ0n) is 26.0. The molecule has 6 rings (SSSR count). The highest BCUT2D eigenvalue weighted by Gasteiger charge is 2.03. The fourth-order valence-corrected chi connectivity index (χ4v) is 5.23. The van der Waals surface area contributed by atoms with E-state index >= 15 is 0 Å². The molecule has 0 heterocycles. The number of phenolic OH excluding ortho intramolecular Hbond substituents is 1. The van der Waals surface area contributed by atoms with Gasteiger partial charge in [-0.1, -0.05) is 126 Å². The van der Waals surface area contributed by atoms with Crippen LogP contribution in [0.5, 0.6) is 5.75 Å². The number of fused-ring (bicyclic) bond motifs is 3. The van der Waals surface area contributed by atoms with Gasteiger partial charge < -0.3 is 5.11 Å². The van der Waals surface area contributed by atoms with Crippen LogP contribution in [-0.2, 0) is 0 Å². The van der Waals surface area contributed by atoms with Gasteiger partial charge in [-0.15, -0.1) is 0 Å². The molecule has 0 spiro atoms. The summed E-state index contributed by atoms with van der Waals surface area (Å²) in [6, 6.07) is 36.4. The van der Waals surface area contributed by atoms with Crippen LogP contribution in [0.15, 0.2) is 120 Å². The quantitative estimate of drug-likeness (QED) is 0.217. The third-order valence-electron chi connectivity index (χ3n) is 7.30. The zero-order valence-corrected chi connectivity index (χ0v) is 26.0. The summed E-state index contributed by atoms with van der Waals surface area (Å²) in [5.41, 5.74) is 8.38. The molecule has 1 N–H and O–H groups in total. The summed E-state index contributed by atoms with van der Waals surface area (Å²) in [5, 5.41) is 16.6. The average molecular weight is 565 g/mol. The number of benzene rings is 6. The SMILES string of the molecule is CC(C)=Cc1ccc(C)c2ccccc12.CC(C)=Cc1ccc(O)c2ccccc12.Cc1ccc(C=O)c2ccccc12. The molecule has 43 heavy (non-hydrogen) atoms. The molecule has 0 fully saturated rings. The first kappa shape index (κ1) is 31.0. The second kappa shape index (κ2) is 14.3. The van der Waals surface area contributed by atoms with E-state index in [1.54, 1.807) is 6.07 Å². The molecule has 0 aromatic heterocycles. The van der Waals surface area contributed by atoms with Gasteiger partial charge in [0.1, 0.15) is 5.75 Å². The maximum Gasteiger partial charge on any atom is 0.150 e. The smallest absolute Gasteiger partial charge is 0.150 e. The van der Waals surface area contributed by atoms with Crippen LogP contribution >= 0.6 is 0 Å². The van der Waals surface area contributed by atoms with Crippen LogP contribution in [0.1, 0.15) is 60.3 Å². The van der Waals surface area contributed by atoms with E-state index in [-0.39, 0.29) is 0 Å². The number of aldehydes is 1. The minimum absolute atomic E-state index is 0.344. The van der Waals surface area contributed by atoms with Crippen molar-refractivity contribution >= 4 is 50.8 Å². The van der Waals surface area contributed by atoms with E-state index in [4.69, 9.17) is 0 Å². The van der Waals surface area contributed by atoms with Gasteiger partial charge in [-0.3, -0.25) is 4.79 Å². The minimum Gasteiger partial charge on any atom is -0.507 e. The van der Waals surface area contributed by atoms with Gasteiger partial charge >= 0.3 is 0 Å². The molecule has 2 heteroatoms. The zero-order chi connectivity index (χ0) is 30.9.